The van der Waals surface area contributed by atoms with E-state index in [9.17, 15) is 18.0 Å². The average Bonchev–Trinajstić information content (AvgIpc) is 2.48. The van der Waals surface area contributed by atoms with Crippen LogP contribution in [-0.2, 0) is 14.8 Å². The number of piperidine rings is 1. The fourth-order valence-electron chi connectivity index (χ4n) is 2.76. The van der Waals surface area contributed by atoms with Gasteiger partial charge in [0, 0.05) is 18.7 Å². The third kappa shape index (κ3) is 3.70. The maximum absolute atomic E-state index is 12.6. The molecule has 0 spiro atoms. The third-order valence-corrected chi connectivity index (χ3v) is 5.34. The zero-order valence-electron chi connectivity index (χ0n) is 13.1. The van der Waals surface area contributed by atoms with Crippen LogP contribution >= 0.6 is 0 Å². The summed E-state index contributed by atoms with van der Waals surface area (Å²) in [6.45, 7) is 4.04. The number of amides is 1. The van der Waals surface area contributed by atoms with Crippen LogP contribution in [0.4, 0.5) is 0 Å². The lowest BCUT2D eigenvalue weighted by Gasteiger charge is -2.30. The Bertz CT molecular complexity index is 749. The summed E-state index contributed by atoms with van der Waals surface area (Å²) in [5.74, 6) is -1.58. The molecule has 0 saturated carbocycles. The second-order valence-electron chi connectivity index (χ2n) is 5.87. The summed E-state index contributed by atoms with van der Waals surface area (Å²) in [5.41, 5.74) is 1.44. The van der Waals surface area contributed by atoms with Crippen molar-refractivity contribution < 1.29 is 23.1 Å². The second-order valence-corrected chi connectivity index (χ2v) is 7.40. The van der Waals surface area contributed by atoms with Gasteiger partial charge in [0.1, 0.15) is 0 Å². The summed E-state index contributed by atoms with van der Waals surface area (Å²) in [6.07, 6.45) is 0.794. The van der Waals surface area contributed by atoms with E-state index in [1.165, 1.54) is 6.07 Å². The van der Waals surface area contributed by atoms with E-state index in [-0.39, 0.29) is 16.4 Å². The van der Waals surface area contributed by atoms with Crippen molar-refractivity contribution in [1.82, 2.24) is 4.90 Å². The van der Waals surface area contributed by atoms with Crippen molar-refractivity contribution in [2.24, 2.45) is 11.1 Å². The molecule has 0 unspecified atom stereocenters. The predicted molar refractivity (Wildman–Crippen MR) is 83.6 cm³/mol. The van der Waals surface area contributed by atoms with Gasteiger partial charge in [-0.3, -0.25) is 9.59 Å². The lowest BCUT2D eigenvalue weighted by Crippen LogP contribution is -2.40. The number of rotatable bonds is 3. The fraction of sp³-hybridized carbons (Fsp3) is 0.467. The van der Waals surface area contributed by atoms with E-state index in [2.05, 4.69) is 0 Å². The first-order valence-electron chi connectivity index (χ1n) is 7.27. The molecule has 7 nitrogen and oxygen atoms in total. The van der Waals surface area contributed by atoms with E-state index in [1.807, 2.05) is 0 Å². The molecule has 0 radical (unpaired) electrons. The average molecular weight is 340 g/mol. The number of likely N-dealkylation sites (tertiary alicyclic amines) is 1. The minimum atomic E-state index is -3.91. The molecule has 23 heavy (non-hydrogen) atoms. The van der Waals surface area contributed by atoms with E-state index in [0.717, 1.165) is 0 Å². The topological polar surface area (TPSA) is 118 Å². The van der Waals surface area contributed by atoms with Crippen molar-refractivity contribution in [3.8, 4) is 0 Å². The first kappa shape index (κ1) is 17.4. The lowest BCUT2D eigenvalue weighted by atomic mass is 9.96. The van der Waals surface area contributed by atoms with Crippen molar-refractivity contribution in [3.05, 3.63) is 28.8 Å². The monoisotopic (exact) mass is 340 g/mol. The van der Waals surface area contributed by atoms with Crippen LogP contribution in [0.25, 0.3) is 0 Å². The number of sulfonamides is 1. The van der Waals surface area contributed by atoms with Crippen LogP contribution in [0.15, 0.2) is 17.0 Å². The number of aryl methyl sites for hydroxylation is 1. The molecule has 0 aliphatic carbocycles. The number of nitrogens with zero attached hydrogens (tertiary/aromatic N) is 1. The van der Waals surface area contributed by atoms with Crippen LogP contribution in [0, 0.1) is 19.8 Å². The molecule has 2 rings (SSSR count). The van der Waals surface area contributed by atoms with Crippen molar-refractivity contribution >= 4 is 21.9 Å². The van der Waals surface area contributed by atoms with Crippen LogP contribution in [0.5, 0.6) is 0 Å². The number of carboxylic acids is 1. The first-order valence-corrected chi connectivity index (χ1v) is 8.82. The Balaban J connectivity index is 2.27. The lowest BCUT2D eigenvalue weighted by molar-refractivity contribution is -0.143. The van der Waals surface area contributed by atoms with Gasteiger partial charge in [-0.05, 0) is 49.9 Å². The molecule has 3 N–H and O–H groups in total. The fourth-order valence-corrected chi connectivity index (χ4v) is 3.64. The number of nitrogens with two attached hydrogens (primary N) is 1. The van der Waals surface area contributed by atoms with Gasteiger partial charge in [-0.15, -0.1) is 0 Å². The Hall–Kier alpha value is -1.93. The van der Waals surface area contributed by atoms with E-state index < -0.39 is 21.9 Å². The van der Waals surface area contributed by atoms with Gasteiger partial charge in [0.05, 0.1) is 10.8 Å². The summed E-state index contributed by atoms with van der Waals surface area (Å²) in [5, 5.41) is 14.2. The number of hydrogen-bond donors (Lipinski definition) is 2. The van der Waals surface area contributed by atoms with Gasteiger partial charge < -0.3 is 10.0 Å². The van der Waals surface area contributed by atoms with Gasteiger partial charge in [-0.25, -0.2) is 13.6 Å². The van der Waals surface area contributed by atoms with Gasteiger partial charge in [-0.2, -0.15) is 0 Å². The van der Waals surface area contributed by atoms with Gasteiger partial charge >= 0.3 is 5.97 Å². The molecule has 0 bridgehead atoms. The molecule has 1 saturated heterocycles. The molecular weight excluding hydrogens is 320 g/mol. The van der Waals surface area contributed by atoms with Gasteiger partial charge in [0.2, 0.25) is 10.0 Å². The van der Waals surface area contributed by atoms with Crippen molar-refractivity contribution in [1.29, 1.82) is 0 Å². The first-order chi connectivity index (χ1) is 10.6. The highest BCUT2D eigenvalue weighted by Crippen LogP contribution is 2.23. The molecule has 0 aromatic heterocycles. The maximum Gasteiger partial charge on any atom is 0.306 e. The van der Waals surface area contributed by atoms with Crippen molar-refractivity contribution in [2.45, 2.75) is 31.6 Å². The molecule has 8 heteroatoms. The summed E-state index contributed by atoms with van der Waals surface area (Å²) in [6, 6.07) is 2.93. The zero-order chi connectivity index (χ0) is 17.4. The molecule has 1 heterocycles. The van der Waals surface area contributed by atoms with Crippen LogP contribution in [0.3, 0.4) is 0 Å². The standard InChI is InChI=1S/C15H20N2O5S/c1-9-7-12(8-13(10(9)2)23(16,21)22)14(18)17-5-3-11(4-6-17)15(19)20/h7-8,11H,3-6H2,1-2H3,(H,19,20)(H2,16,21,22). The SMILES string of the molecule is Cc1cc(C(=O)N2CCC(C(=O)O)CC2)cc(S(N)(=O)=O)c1C. The molecular formula is C15H20N2O5S. The van der Waals surface area contributed by atoms with Crippen LogP contribution in [0.1, 0.15) is 34.3 Å². The number of benzene rings is 1. The molecule has 1 aliphatic heterocycles. The normalized spacial score (nSPS) is 16.4. The number of carbonyl (C=O) groups is 2. The highest BCUT2D eigenvalue weighted by molar-refractivity contribution is 7.89. The smallest absolute Gasteiger partial charge is 0.306 e. The van der Waals surface area contributed by atoms with Crippen LogP contribution in [0.2, 0.25) is 0 Å². The zero-order valence-corrected chi connectivity index (χ0v) is 13.9. The van der Waals surface area contributed by atoms with Crippen molar-refractivity contribution in [3.63, 3.8) is 0 Å². The molecule has 1 aromatic rings. The highest BCUT2D eigenvalue weighted by Gasteiger charge is 2.28. The summed E-state index contributed by atoms with van der Waals surface area (Å²) in [7, 11) is -3.91. The van der Waals surface area contributed by atoms with E-state index >= 15 is 0 Å². The minimum Gasteiger partial charge on any atom is -0.481 e. The summed E-state index contributed by atoms with van der Waals surface area (Å²) in [4.78, 5) is 25.0. The third-order valence-electron chi connectivity index (χ3n) is 4.30. The number of carboxylic acid groups (broad SMARTS) is 1. The minimum absolute atomic E-state index is 0.0544. The summed E-state index contributed by atoms with van der Waals surface area (Å²) >= 11 is 0. The van der Waals surface area contributed by atoms with Crippen molar-refractivity contribution in [2.75, 3.05) is 13.1 Å². The highest BCUT2D eigenvalue weighted by atomic mass is 32.2. The van der Waals surface area contributed by atoms with E-state index in [4.69, 9.17) is 10.2 Å². The van der Waals surface area contributed by atoms with Crippen LogP contribution < -0.4 is 5.14 Å². The Kier molecular flexibility index (Phi) is 4.76. The largest absolute Gasteiger partial charge is 0.481 e. The van der Waals surface area contributed by atoms with E-state index in [0.29, 0.717) is 37.1 Å². The summed E-state index contributed by atoms with van der Waals surface area (Å²) < 4.78 is 23.3. The number of hydrogen-bond acceptors (Lipinski definition) is 4. The Labute approximate surface area is 135 Å². The molecule has 0 atom stereocenters. The predicted octanol–water partition coefficient (Wildman–Crippen LogP) is 0.888. The molecule has 126 valence electrons. The van der Waals surface area contributed by atoms with Crippen LogP contribution in [-0.4, -0.2) is 43.4 Å². The number of primary sulfonamides is 1. The van der Waals surface area contributed by atoms with Gasteiger partial charge in [-0.1, -0.05) is 0 Å². The number of carbonyl (C=O) groups excluding carboxylic acids is 1. The number of aliphatic carboxylic acids is 1. The van der Waals surface area contributed by atoms with Gasteiger partial charge in [0.25, 0.3) is 5.91 Å². The Morgan fingerprint density at radius 3 is 2.26 bits per heavy atom. The molecule has 1 amide bonds. The van der Waals surface area contributed by atoms with E-state index in [1.54, 1.807) is 24.8 Å². The molecule has 1 aliphatic rings. The molecule has 1 aromatic carbocycles. The second kappa shape index (κ2) is 6.29. The Morgan fingerprint density at radius 1 is 1.22 bits per heavy atom. The van der Waals surface area contributed by atoms with Gasteiger partial charge in [0.15, 0.2) is 0 Å². The Morgan fingerprint density at radius 2 is 1.78 bits per heavy atom. The quantitative estimate of drug-likeness (QED) is 0.847. The molecule has 1 fully saturated rings. The maximum atomic E-state index is 12.6.